The van der Waals surface area contributed by atoms with Gasteiger partial charge in [0.2, 0.25) is 5.91 Å². The van der Waals surface area contributed by atoms with E-state index < -0.39 is 12.0 Å². The van der Waals surface area contributed by atoms with Gasteiger partial charge in [-0.2, -0.15) is 0 Å². The third-order valence-corrected chi connectivity index (χ3v) is 2.64. The maximum absolute atomic E-state index is 11.7. The van der Waals surface area contributed by atoms with Crippen molar-refractivity contribution in [3.8, 4) is 5.75 Å². The predicted octanol–water partition coefficient (Wildman–Crippen LogP) is 1.46. The van der Waals surface area contributed by atoms with E-state index >= 15 is 0 Å². The standard InChI is InChI=1S/C13H18N2O4/c1-3-4-10(14)12(16)15-8-5-6-9(13(17)18)11(7-8)19-2/h5-7,10H,3-4,14H2,1-2H3,(H,15,16)(H,17,18)/t10-/m1/s1. The van der Waals surface area contributed by atoms with Gasteiger partial charge < -0.3 is 20.9 Å². The minimum absolute atomic E-state index is 0.0401. The van der Waals surface area contributed by atoms with E-state index in [1.165, 1.54) is 25.3 Å². The Morgan fingerprint density at radius 3 is 2.68 bits per heavy atom. The molecule has 1 aromatic carbocycles. The highest BCUT2D eigenvalue weighted by atomic mass is 16.5. The van der Waals surface area contributed by atoms with Gasteiger partial charge in [-0.15, -0.1) is 0 Å². The van der Waals surface area contributed by atoms with Crippen molar-refractivity contribution in [3.05, 3.63) is 23.8 Å². The number of hydrogen-bond acceptors (Lipinski definition) is 4. The number of aromatic carboxylic acids is 1. The van der Waals surface area contributed by atoms with E-state index in [0.717, 1.165) is 6.42 Å². The van der Waals surface area contributed by atoms with Crippen LogP contribution in [0.2, 0.25) is 0 Å². The average molecular weight is 266 g/mol. The number of carboxylic acid groups (broad SMARTS) is 1. The number of benzene rings is 1. The van der Waals surface area contributed by atoms with E-state index in [4.69, 9.17) is 15.6 Å². The summed E-state index contributed by atoms with van der Waals surface area (Å²) < 4.78 is 4.97. The van der Waals surface area contributed by atoms with Crippen LogP contribution in [-0.2, 0) is 4.79 Å². The molecule has 6 nitrogen and oxygen atoms in total. The van der Waals surface area contributed by atoms with Crippen molar-refractivity contribution in [3.63, 3.8) is 0 Å². The van der Waals surface area contributed by atoms with Crippen LogP contribution >= 0.6 is 0 Å². The van der Waals surface area contributed by atoms with Crippen molar-refractivity contribution in [2.75, 3.05) is 12.4 Å². The molecule has 0 heterocycles. The van der Waals surface area contributed by atoms with Crippen LogP contribution in [0.15, 0.2) is 18.2 Å². The molecule has 0 aliphatic rings. The van der Waals surface area contributed by atoms with Crippen molar-refractivity contribution in [2.24, 2.45) is 5.73 Å². The highest BCUT2D eigenvalue weighted by molar-refractivity contribution is 5.96. The molecule has 0 spiro atoms. The molecule has 104 valence electrons. The molecule has 6 heteroatoms. The summed E-state index contributed by atoms with van der Waals surface area (Å²) in [6, 6.07) is 3.76. The Labute approximate surface area is 111 Å². The van der Waals surface area contributed by atoms with Crippen LogP contribution < -0.4 is 15.8 Å². The van der Waals surface area contributed by atoms with Gasteiger partial charge >= 0.3 is 5.97 Å². The third kappa shape index (κ3) is 3.96. The highest BCUT2D eigenvalue weighted by Gasteiger charge is 2.15. The first-order chi connectivity index (χ1) is 8.99. The minimum Gasteiger partial charge on any atom is -0.496 e. The average Bonchev–Trinajstić information content (AvgIpc) is 2.38. The highest BCUT2D eigenvalue weighted by Crippen LogP contribution is 2.23. The smallest absolute Gasteiger partial charge is 0.339 e. The fraction of sp³-hybridized carbons (Fsp3) is 0.385. The number of ether oxygens (including phenoxy) is 1. The van der Waals surface area contributed by atoms with Gasteiger partial charge in [0.15, 0.2) is 0 Å². The fourth-order valence-corrected chi connectivity index (χ4v) is 1.62. The maximum atomic E-state index is 11.7. The minimum atomic E-state index is -1.09. The van der Waals surface area contributed by atoms with E-state index in [2.05, 4.69) is 5.32 Å². The molecule has 0 unspecified atom stereocenters. The molecule has 4 N–H and O–H groups in total. The lowest BCUT2D eigenvalue weighted by molar-refractivity contribution is -0.117. The third-order valence-electron chi connectivity index (χ3n) is 2.64. The quantitative estimate of drug-likeness (QED) is 0.723. The molecule has 0 aliphatic heterocycles. The lowest BCUT2D eigenvalue weighted by Crippen LogP contribution is -2.35. The largest absolute Gasteiger partial charge is 0.496 e. The molecular formula is C13H18N2O4. The first kappa shape index (κ1) is 15.0. The summed E-state index contributed by atoms with van der Waals surface area (Å²) in [6.45, 7) is 1.94. The van der Waals surface area contributed by atoms with E-state index in [-0.39, 0.29) is 17.2 Å². The second kappa shape index (κ2) is 6.75. The lowest BCUT2D eigenvalue weighted by Gasteiger charge is -2.12. The number of rotatable bonds is 6. The monoisotopic (exact) mass is 266 g/mol. The molecule has 1 rings (SSSR count). The molecule has 1 atom stereocenters. The van der Waals surface area contributed by atoms with Crippen LogP contribution in [0.5, 0.6) is 5.75 Å². The van der Waals surface area contributed by atoms with Gasteiger partial charge in [-0.3, -0.25) is 4.79 Å². The molecule has 0 radical (unpaired) electrons. The Hall–Kier alpha value is -2.08. The normalized spacial score (nSPS) is 11.7. The van der Waals surface area contributed by atoms with Crippen LogP contribution in [0.25, 0.3) is 0 Å². The van der Waals surface area contributed by atoms with E-state index in [1.54, 1.807) is 0 Å². The number of carbonyl (C=O) groups is 2. The van der Waals surface area contributed by atoms with Crippen molar-refractivity contribution in [2.45, 2.75) is 25.8 Å². The number of anilines is 1. The molecule has 0 saturated carbocycles. The molecule has 19 heavy (non-hydrogen) atoms. The van der Waals surface area contributed by atoms with E-state index in [1.807, 2.05) is 6.92 Å². The molecular weight excluding hydrogens is 248 g/mol. The predicted molar refractivity (Wildman–Crippen MR) is 71.5 cm³/mol. The summed E-state index contributed by atoms with van der Waals surface area (Å²) in [7, 11) is 1.37. The first-order valence-corrected chi connectivity index (χ1v) is 5.97. The number of carbonyl (C=O) groups excluding carboxylic acids is 1. The number of nitrogens with one attached hydrogen (secondary N) is 1. The second-order valence-corrected chi connectivity index (χ2v) is 4.10. The Bertz CT molecular complexity index is 474. The summed E-state index contributed by atoms with van der Waals surface area (Å²) in [5.41, 5.74) is 6.18. The van der Waals surface area contributed by atoms with Crippen LogP contribution in [0.3, 0.4) is 0 Å². The van der Waals surface area contributed by atoms with Crippen LogP contribution in [0.1, 0.15) is 30.1 Å². The van der Waals surface area contributed by atoms with Crippen molar-refractivity contribution >= 4 is 17.6 Å². The summed E-state index contributed by atoms with van der Waals surface area (Å²) in [4.78, 5) is 22.6. The van der Waals surface area contributed by atoms with Gasteiger partial charge in [-0.25, -0.2) is 4.79 Å². The molecule has 0 bridgehead atoms. The lowest BCUT2D eigenvalue weighted by atomic mass is 10.1. The van der Waals surface area contributed by atoms with E-state index in [9.17, 15) is 9.59 Å². The van der Waals surface area contributed by atoms with Crippen LogP contribution in [-0.4, -0.2) is 30.1 Å². The molecule has 0 aliphatic carbocycles. The maximum Gasteiger partial charge on any atom is 0.339 e. The Morgan fingerprint density at radius 1 is 1.47 bits per heavy atom. The van der Waals surface area contributed by atoms with Crippen LogP contribution in [0.4, 0.5) is 5.69 Å². The molecule has 1 aromatic rings. The molecule has 0 fully saturated rings. The Balaban J connectivity index is 2.86. The van der Waals surface area contributed by atoms with Gasteiger partial charge in [-0.05, 0) is 18.6 Å². The van der Waals surface area contributed by atoms with Gasteiger partial charge in [0.05, 0.1) is 13.2 Å². The number of hydrogen-bond donors (Lipinski definition) is 3. The topological polar surface area (TPSA) is 102 Å². The first-order valence-electron chi connectivity index (χ1n) is 5.97. The SMILES string of the molecule is CCC[C@@H](N)C(=O)Nc1ccc(C(=O)O)c(OC)c1. The van der Waals surface area contributed by atoms with Gasteiger partial charge in [-0.1, -0.05) is 13.3 Å². The summed E-state index contributed by atoms with van der Waals surface area (Å²) in [6.07, 6.45) is 1.41. The van der Waals surface area contributed by atoms with Crippen molar-refractivity contribution in [1.29, 1.82) is 0 Å². The summed E-state index contributed by atoms with van der Waals surface area (Å²) >= 11 is 0. The zero-order valence-electron chi connectivity index (χ0n) is 11.0. The van der Waals surface area contributed by atoms with Gasteiger partial charge in [0, 0.05) is 11.8 Å². The summed E-state index contributed by atoms with van der Waals surface area (Å²) in [5, 5.41) is 11.6. The fourth-order valence-electron chi connectivity index (χ4n) is 1.62. The Kier molecular flexibility index (Phi) is 5.32. The zero-order valence-corrected chi connectivity index (χ0v) is 11.0. The number of methoxy groups -OCH3 is 1. The molecule has 0 aromatic heterocycles. The Morgan fingerprint density at radius 2 is 2.16 bits per heavy atom. The van der Waals surface area contributed by atoms with Gasteiger partial charge in [0.25, 0.3) is 0 Å². The molecule has 1 amide bonds. The van der Waals surface area contributed by atoms with Crippen molar-refractivity contribution < 1.29 is 19.4 Å². The number of nitrogens with two attached hydrogens (primary N) is 1. The number of carboxylic acids is 1. The van der Waals surface area contributed by atoms with E-state index in [0.29, 0.717) is 12.1 Å². The number of amides is 1. The molecule has 0 saturated heterocycles. The van der Waals surface area contributed by atoms with Crippen LogP contribution in [0, 0.1) is 0 Å². The second-order valence-electron chi connectivity index (χ2n) is 4.10. The van der Waals surface area contributed by atoms with Crippen molar-refractivity contribution in [1.82, 2.24) is 0 Å². The van der Waals surface area contributed by atoms with Gasteiger partial charge in [0.1, 0.15) is 11.3 Å². The summed E-state index contributed by atoms with van der Waals surface area (Å²) in [5.74, 6) is -1.20. The zero-order chi connectivity index (χ0) is 14.4.